The molecule has 0 aliphatic carbocycles. The zero-order valence-corrected chi connectivity index (χ0v) is 18.6. The highest BCUT2D eigenvalue weighted by atomic mass is 16.3. The van der Waals surface area contributed by atoms with E-state index in [1.165, 1.54) is 0 Å². The Kier molecular flexibility index (Phi) is 6.87. The van der Waals surface area contributed by atoms with Gasteiger partial charge in [-0.1, -0.05) is 24.3 Å². The van der Waals surface area contributed by atoms with Crippen molar-refractivity contribution in [3.8, 4) is 0 Å². The molecule has 0 radical (unpaired) electrons. The van der Waals surface area contributed by atoms with Crippen molar-refractivity contribution in [1.82, 2.24) is 20.3 Å². The summed E-state index contributed by atoms with van der Waals surface area (Å²) in [7, 11) is 0. The Bertz CT molecular complexity index is 1050. The number of anilines is 2. The SMILES string of the molecule is C[C@H](/C=C/CCn1cc(CCO)nn1)[C@@]1(O)C(=O)Nc2ccc(NC(=O)[C@H]3CCCN3)cc21. The standard InChI is InChI=1S/C23H30N6O4/c1-15(5-2-3-11-29-14-17(9-12-30)27-28-29)23(33)18-13-16(7-8-19(18)26-22(23)32)25-21(31)20-6-4-10-24-20/h2,5,7-8,13-15,20,24,30,33H,3-4,6,9-12H2,1H3,(H,25,31)(H,26,32)/b5-2+/t15-,20-,23+/m1/s1. The van der Waals surface area contributed by atoms with Crippen molar-refractivity contribution in [2.45, 2.75) is 50.8 Å². The van der Waals surface area contributed by atoms with Gasteiger partial charge >= 0.3 is 0 Å². The molecule has 1 fully saturated rings. The van der Waals surface area contributed by atoms with Crippen LogP contribution in [0.1, 0.15) is 37.4 Å². The van der Waals surface area contributed by atoms with E-state index >= 15 is 0 Å². The zero-order valence-electron chi connectivity index (χ0n) is 18.6. The van der Waals surface area contributed by atoms with Gasteiger partial charge in [-0.15, -0.1) is 5.10 Å². The third-order valence-corrected chi connectivity index (χ3v) is 6.23. The lowest BCUT2D eigenvalue weighted by atomic mass is 9.82. The van der Waals surface area contributed by atoms with Crippen molar-refractivity contribution in [2.24, 2.45) is 5.92 Å². The van der Waals surface area contributed by atoms with Gasteiger partial charge in [-0.05, 0) is 44.0 Å². The van der Waals surface area contributed by atoms with Crippen molar-refractivity contribution >= 4 is 23.2 Å². The second kappa shape index (κ2) is 9.82. The molecule has 1 aromatic heterocycles. The number of amides is 2. The Balaban J connectivity index is 1.42. The minimum atomic E-state index is -1.74. The lowest BCUT2D eigenvalue weighted by Gasteiger charge is -2.26. The number of nitrogens with one attached hydrogen (secondary N) is 3. The summed E-state index contributed by atoms with van der Waals surface area (Å²) in [6.45, 7) is 3.23. The fraction of sp³-hybridized carbons (Fsp3) is 0.478. The number of aliphatic hydroxyl groups is 2. The maximum atomic E-state index is 12.7. The molecule has 3 atom stereocenters. The molecule has 10 nitrogen and oxygen atoms in total. The summed E-state index contributed by atoms with van der Waals surface area (Å²) in [5.74, 6) is -1.10. The first-order valence-corrected chi connectivity index (χ1v) is 11.3. The minimum Gasteiger partial charge on any atom is -0.396 e. The van der Waals surface area contributed by atoms with E-state index in [1.54, 1.807) is 36.0 Å². The van der Waals surface area contributed by atoms with Gasteiger partial charge in [0, 0.05) is 48.6 Å². The Hall–Kier alpha value is -3.08. The quantitative estimate of drug-likeness (QED) is 0.355. The number of aromatic nitrogens is 3. The summed E-state index contributed by atoms with van der Waals surface area (Å²) in [6.07, 6.45) is 8.37. The third-order valence-electron chi connectivity index (χ3n) is 6.23. The first kappa shape index (κ1) is 23.1. The predicted octanol–water partition coefficient (Wildman–Crippen LogP) is 0.926. The van der Waals surface area contributed by atoms with Gasteiger partial charge in [0.1, 0.15) is 0 Å². The van der Waals surface area contributed by atoms with Gasteiger partial charge in [0.2, 0.25) is 5.91 Å². The van der Waals surface area contributed by atoms with Gasteiger partial charge in [-0.25, -0.2) is 0 Å². The Labute approximate surface area is 192 Å². The fourth-order valence-corrected chi connectivity index (χ4v) is 4.30. The molecular formula is C23H30N6O4. The largest absolute Gasteiger partial charge is 0.396 e. The molecule has 2 aliphatic rings. The van der Waals surface area contributed by atoms with Crippen LogP contribution in [0.3, 0.4) is 0 Å². The first-order chi connectivity index (χ1) is 15.9. The molecule has 176 valence electrons. The Morgan fingerprint density at radius 3 is 3.06 bits per heavy atom. The number of fused-ring (bicyclic) bond motifs is 1. The summed E-state index contributed by atoms with van der Waals surface area (Å²) in [5, 5.41) is 37.1. The van der Waals surface area contributed by atoms with E-state index in [-0.39, 0.29) is 18.6 Å². The highest BCUT2D eigenvalue weighted by Gasteiger charge is 2.48. The van der Waals surface area contributed by atoms with Crippen molar-refractivity contribution < 1.29 is 19.8 Å². The molecule has 0 unspecified atom stereocenters. The van der Waals surface area contributed by atoms with Gasteiger partial charge in [-0.2, -0.15) is 0 Å². The second-order valence-electron chi connectivity index (χ2n) is 8.57. The van der Waals surface area contributed by atoms with Crippen LogP contribution >= 0.6 is 0 Å². The average molecular weight is 455 g/mol. The first-order valence-electron chi connectivity index (χ1n) is 11.3. The third kappa shape index (κ3) is 4.82. The predicted molar refractivity (Wildman–Crippen MR) is 122 cm³/mol. The number of carbonyl (C=O) groups is 2. The molecule has 10 heteroatoms. The van der Waals surface area contributed by atoms with Crippen LogP contribution in [0.25, 0.3) is 0 Å². The summed E-state index contributed by atoms with van der Waals surface area (Å²) in [5.41, 5.74) is 0.531. The van der Waals surface area contributed by atoms with Crippen molar-refractivity contribution in [3.05, 3.63) is 47.8 Å². The number of benzene rings is 1. The minimum absolute atomic E-state index is 0.0289. The van der Waals surface area contributed by atoms with Gasteiger partial charge in [-0.3, -0.25) is 14.3 Å². The van der Waals surface area contributed by atoms with Gasteiger partial charge in [0.25, 0.3) is 5.91 Å². The molecule has 5 N–H and O–H groups in total. The van der Waals surface area contributed by atoms with E-state index in [0.717, 1.165) is 25.1 Å². The van der Waals surface area contributed by atoms with Gasteiger partial charge < -0.3 is 26.2 Å². The molecule has 0 bridgehead atoms. The van der Waals surface area contributed by atoms with E-state index in [1.807, 2.05) is 12.2 Å². The number of aliphatic hydroxyl groups excluding tert-OH is 1. The number of nitrogens with zero attached hydrogens (tertiary/aromatic N) is 3. The van der Waals surface area contributed by atoms with Crippen LogP contribution in [0.5, 0.6) is 0 Å². The topological polar surface area (TPSA) is 141 Å². The molecule has 4 rings (SSSR count). The van der Waals surface area contributed by atoms with E-state index in [2.05, 4.69) is 26.3 Å². The van der Waals surface area contributed by atoms with Crippen molar-refractivity contribution in [3.63, 3.8) is 0 Å². The van der Waals surface area contributed by atoms with Gasteiger partial charge in [0.05, 0.1) is 11.7 Å². The number of carbonyl (C=O) groups excluding carboxylic acids is 2. The van der Waals surface area contributed by atoms with Crippen LogP contribution in [0.4, 0.5) is 11.4 Å². The van der Waals surface area contributed by atoms with Gasteiger partial charge in [0.15, 0.2) is 5.60 Å². The lowest BCUT2D eigenvalue weighted by molar-refractivity contribution is -0.137. The normalized spacial score (nSPS) is 23.0. The van der Waals surface area contributed by atoms with Crippen LogP contribution < -0.4 is 16.0 Å². The summed E-state index contributed by atoms with van der Waals surface area (Å²) in [4.78, 5) is 25.2. The van der Waals surface area contributed by atoms with E-state index in [4.69, 9.17) is 5.11 Å². The molecule has 2 amide bonds. The maximum absolute atomic E-state index is 12.7. The Morgan fingerprint density at radius 1 is 1.45 bits per heavy atom. The molecule has 2 aromatic rings. The van der Waals surface area contributed by atoms with Crippen molar-refractivity contribution in [1.29, 1.82) is 0 Å². The second-order valence-corrected chi connectivity index (χ2v) is 8.57. The highest BCUT2D eigenvalue weighted by molar-refractivity contribution is 6.06. The van der Waals surface area contributed by atoms with Crippen LogP contribution in [-0.4, -0.2) is 56.2 Å². The molecule has 0 spiro atoms. The fourth-order valence-electron chi connectivity index (χ4n) is 4.30. The number of allylic oxidation sites excluding steroid dienone is 1. The molecule has 1 aromatic carbocycles. The number of rotatable bonds is 9. The smallest absolute Gasteiger partial charge is 0.261 e. The van der Waals surface area contributed by atoms with E-state index < -0.39 is 17.4 Å². The molecule has 1 saturated heterocycles. The zero-order chi connectivity index (χ0) is 23.4. The molecule has 0 saturated carbocycles. The average Bonchev–Trinajstić information content (AvgIpc) is 3.53. The Morgan fingerprint density at radius 2 is 2.30 bits per heavy atom. The molecule has 2 aliphatic heterocycles. The van der Waals surface area contributed by atoms with Crippen LogP contribution in [-0.2, 0) is 28.2 Å². The highest BCUT2D eigenvalue weighted by Crippen LogP contribution is 2.42. The monoisotopic (exact) mass is 454 g/mol. The number of hydrogen-bond acceptors (Lipinski definition) is 7. The summed E-state index contributed by atoms with van der Waals surface area (Å²) < 4.78 is 1.69. The number of hydrogen-bond donors (Lipinski definition) is 5. The summed E-state index contributed by atoms with van der Waals surface area (Å²) in [6, 6.07) is 4.88. The molecule has 3 heterocycles. The van der Waals surface area contributed by atoms with Crippen LogP contribution in [0.15, 0.2) is 36.5 Å². The number of aryl methyl sites for hydroxylation is 1. The maximum Gasteiger partial charge on any atom is 0.261 e. The summed E-state index contributed by atoms with van der Waals surface area (Å²) >= 11 is 0. The molecular weight excluding hydrogens is 424 g/mol. The molecule has 33 heavy (non-hydrogen) atoms. The van der Waals surface area contributed by atoms with E-state index in [9.17, 15) is 14.7 Å². The van der Waals surface area contributed by atoms with Crippen LogP contribution in [0.2, 0.25) is 0 Å². The van der Waals surface area contributed by atoms with Crippen molar-refractivity contribution in [2.75, 3.05) is 23.8 Å². The van der Waals surface area contributed by atoms with E-state index in [0.29, 0.717) is 36.3 Å². The lowest BCUT2D eigenvalue weighted by Crippen LogP contribution is -2.40. The van der Waals surface area contributed by atoms with Crippen LogP contribution in [0, 0.1) is 5.92 Å².